The van der Waals surface area contributed by atoms with Crippen LogP contribution in [0.1, 0.15) is 102 Å². The Morgan fingerprint density at radius 2 is 0.773 bits per heavy atom. The number of nitrogens with zero attached hydrogens (tertiary/aromatic N) is 2. The molecule has 0 aliphatic heterocycles. The average Bonchev–Trinajstić information content (AvgIpc) is 3.57. The van der Waals surface area contributed by atoms with E-state index in [2.05, 4.69) is 206 Å². The molecule has 0 fully saturated rings. The average molecular weight is 861 g/mol. The van der Waals surface area contributed by atoms with Crippen LogP contribution in [0.5, 0.6) is 0 Å². The zero-order valence-electron chi connectivity index (χ0n) is 38.2. The van der Waals surface area contributed by atoms with Gasteiger partial charge in [0.25, 0.3) is 0 Å². The molecule has 0 saturated heterocycles. The van der Waals surface area contributed by atoms with Crippen molar-refractivity contribution in [2.75, 3.05) is 9.80 Å². The maximum Gasteiger partial charge on any atom is 0.0465 e. The van der Waals surface area contributed by atoms with Gasteiger partial charge in [-0.25, -0.2) is 0 Å². The third-order valence-electron chi connectivity index (χ3n) is 14.9. The molecule has 0 heterocycles. The van der Waals surface area contributed by atoms with Crippen molar-refractivity contribution in [2.24, 2.45) is 0 Å². The summed E-state index contributed by atoms with van der Waals surface area (Å²) in [4.78, 5) is 4.94. The van der Waals surface area contributed by atoms with E-state index in [0.29, 0.717) is 0 Å². The summed E-state index contributed by atoms with van der Waals surface area (Å²) in [6, 6.07) is 69.3. The Kier molecular flexibility index (Phi) is 12.3. The van der Waals surface area contributed by atoms with E-state index in [0.717, 1.165) is 38.5 Å². The lowest BCUT2D eigenvalue weighted by molar-refractivity contribution is 0.407. The van der Waals surface area contributed by atoms with Crippen LogP contribution in [0, 0.1) is 13.8 Å². The summed E-state index contributed by atoms with van der Waals surface area (Å²) in [6.07, 6.45) is 14.1. The molecule has 330 valence electrons. The molecule has 66 heavy (non-hydrogen) atoms. The Morgan fingerprint density at radius 1 is 0.364 bits per heavy atom. The van der Waals surface area contributed by atoms with Crippen molar-refractivity contribution >= 4 is 34.1 Å². The number of hydrogen-bond acceptors (Lipinski definition) is 2. The van der Waals surface area contributed by atoms with Crippen LogP contribution in [0.25, 0.3) is 11.1 Å². The van der Waals surface area contributed by atoms with Crippen LogP contribution in [0.15, 0.2) is 182 Å². The van der Waals surface area contributed by atoms with E-state index in [9.17, 15) is 0 Å². The molecule has 2 heteroatoms. The highest BCUT2D eigenvalue weighted by atomic mass is 15.1. The first-order valence-corrected chi connectivity index (χ1v) is 24.3. The molecule has 8 aromatic rings. The van der Waals surface area contributed by atoms with Crippen LogP contribution in [0.3, 0.4) is 0 Å². The molecule has 11 rings (SSSR count). The van der Waals surface area contributed by atoms with E-state index in [1.165, 1.54) is 117 Å². The molecule has 3 aliphatic rings. The number of aryl methyl sites for hydroxylation is 8. The molecule has 0 radical (unpaired) electrons. The van der Waals surface area contributed by atoms with Gasteiger partial charge in [0, 0.05) is 39.5 Å². The molecule has 0 aromatic heterocycles. The van der Waals surface area contributed by atoms with Gasteiger partial charge in [0.2, 0.25) is 0 Å². The minimum atomic E-state index is -0.165. The number of hydrogen-bond donors (Lipinski definition) is 0. The molecule has 0 atom stereocenters. The number of rotatable bonds is 16. The smallest absolute Gasteiger partial charge is 0.0465 e. The Bertz CT molecular complexity index is 2780. The highest BCUT2D eigenvalue weighted by molar-refractivity contribution is 5.88. The molecule has 0 spiro atoms. The zero-order valence-corrected chi connectivity index (χ0v) is 38.2. The van der Waals surface area contributed by atoms with Crippen LogP contribution >= 0.6 is 0 Å². The Balaban J connectivity index is 0.00000511. The van der Waals surface area contributed by atoms with Crippen molar-refractivity contribution in [3.05, 3.63) is 238 Å². The molecule has 2 nitrogen and oxygen atoms in total. The van der Waals surface area contributed by atoms with Crippen LogP contribution in [-0.4, -0.2) is 0 Å². The molecule has 0 saturated carbocycles. The second-order valence-corrected chi connectivity index (χ2v) is 19.2. The van der Waals surface area contributed by atoms with Gasteiger partial charge in [-0.15, -0.1) is 0 Å². The highest BCUT2D eigenvalue weighted by Crippen LogP contribution is 2.57. The van der Waals surface area contributed by atoms with Crippen LogP contribution in [0.4, 0.5) is 34.1 Å². The fraction of sp³-hybridized carbons (Fsp3) is 0.250. The normalized spacial score (nSPS) is 13.5. The van der Waals surface area contributed by atoms with Gasteiger partial charge in [-0.05, 0) is 218 Å². The first-order valence-electron chi connectivity index (χ1n) is 24.3. The molecule has 3 aliphatic carbocycles. The number of para-hydroxylation sites is 2. The van der Waals surface area contributed by atoms with Gasteiger partial charge in [0.1, 0.15) is 0 Å². The largest absolute Gasteiger partial charge is 0.310 e. The van der Waals surface area contributed by atoms with Crippen molar-refractivity contribution in [3.63, 3.8) is 0 Å². The van der Waals surface area contributed by atoms with E-state index < -0.39 is 0 Å². The number of anilines is 6. The van der Waals surface area contributed by atoms with Crippen LogP contribution in [-0.2, 0) is 43.9 Å². The SMILES string of the molecule is C.Cc1cccc(N(c2ccccc2)c2ccc3c(c2)C(CCCCc2ccc4c(c2)CC4)(CCCCc2ccc4c(c2)CC4)c2cc(N(c4ccccc4)c4cccc(C)c4)ccc2-3)c1. The number of unbranched alkanes of at least 4 members (excludes halogenated alkanes) is 2. The summed E-state index contributed by atoms with van der Waals surface area (Å²) in [5.74, 6) is 0. The van der Waals surface area contributed by atoms with Gasteiger partial charge < -0.3 is 9.80 Å². The topological polar surface area (TPSA) is 6.48 Å². The van der Waals surface area contributed by atoms with Crippen LogP contribution in [0.2, 0.25) is 0 Å². The number of fused-ring (bicyclic) bond motifs is 5. The van der Waals surface area contributed by atoms with Crippen molar-refractivity contribution in [2.45, 2.75) is 104 Å². The maximum absolute atomic E-state index is 2.59. The first kappa shape index (κ1) is 43.3. The van der Waals surface area contributed by atoms with E-state index in [1.807, 2.05) is 0 Å². The summed E-state index contributed by atoms with van der Waals surface area (Å²) >= 11 is 0. The third-order valence-corrected chi connectivity index (χ3v) is 14.9. The first-order chi connectivity index (χ1) is 32.0. The van der Waals surface area contributed by atoms with Gasteiger partial charge in [-0.2, -0.15) is 0 Å². The van der Waals surface area contributed by atoms with Crippen molar-refractivity contribution in [3.8, 4) is 11.1 Å². The van der Waals surface area contributed by atoms with Gasteiger partial charge in [-0.3, -0.25) is 0 Å². The third kappa shape index (κ3) is 8.39. The lowest BCUT2D eigenvalue weighted by atomic mass is 9.70. The molecular formula is C64H64N2. The lowest BCUT2D eigenvalue weighted by Crippen LogP contribution is -2.26. The molecule has 0 N–H and O–H groups in total. The quantitative estimate of drug-likeness (QED) is 0.0893. The second-order valence-electron chi connectivity index (χ2n) is 19.2. The van der Waals surface area contributed by atoms with Crippen LogP contribution < -0.4 is 9.80 Å². The molecule has 0 amide bonds. The van der Waals surface area contributed by atoms with Crippen molar-refractivity contribution in [1.29, 1.82) is 0 Å². The van der Waals surface area contributed by atoms with Gasteiger partial charge in [0.05, 0.1) is 0 Å². The minimum absolute atomic E-state index is 0. The number of benzene rings is 8. The summed E-state index contributed by atoms with van der Waals surface area (Å²) in [6.45, 7) is 4.40. The predicted octanol–water partition coefficient (Wildman–Crippen LogP) is 17.2. The summed E-state index contributed by atoms with van der Waals surface area (Å²) in [5, 5.41) is 0. The Morgan fingerprint density at radius 3 is 1.17 bits per heavy atom. The Labute approximate surface area is 394 Å². The highest BCUT2D eigenvalue weighted by Gasteiger charge is 2.43. The predicted molar refractivity (Wildman–Crippen MR) is 281 cm³/mol. The monoisotopic (exact) mass is 861 g/mol. The van der Waals surface area contributed by atoms with Gasteiger partial charge >= 0.3 is 0 Å². The molecule has 0 bridgehead atoms. The second kappa shape index (κ2) is 18.7. The summed E-state index contributed by atoms with van der Waals surface area (Å²) < 4.78 is 0. The fourth-order valence-corrected chi connectivity index (χ4v) is 11.3. The summed E-state index contributed by atoms with van der Waals surface area (Å²) in [5.41, 5.74) is 24.5. The minimum Gasteiger partial charge on any atom is -0.310 e. The van der Waals surface area contributed by atoms with E-state index >= 15 is 0 Å². The van der Waals surface area contributed by atoms with E-state index in [4.69, 9.17) is 0 Å². The van der Waals surface area contributed by atoms with E-state index in [-0.39, 0.29) is 12.8 Å². The van der Waals surface area contributed by atoms with Crippen molar-refractivity contribution in [1.82, 2.24) is 0 Å². The van der Waals surface area contributed by atoms with Gasteiger partial charge in [0.15, 0.2) is 0 Å². The van der Waals surface area contributed by atoms with Gasteiger partial charge in [-0.1, -0.05) is 129 Å². The standard InChI is InChI=1S/C63H60N2.CH4/c1-45-15-13-23-55(39-45)64(53-19-5-3-6-20-53)57-33-35-59-60-36-34-58(65(54-21-7-4-8-22-54)56-24-14-16-46(2)40-56)44-62(60)63(61(59)43-57,37-11-9-17-47-25-27-49-29-31-51(49)41-47)38-12-10-18-48-26-28-50-30-32-52(50)42-48;/h3-8,13-16,19-28,33-36,39-44H,9-12,17-18,29-32,37-38H2,1-2H3;1H4. The fourth-order valence-electron chi connectivity index (χ4n) is 11.3. The lowest BCUT2D eigenvalue weighted by Gasteiger charge is -2.35. The molecule has 0 unspecified atom stereocenters. The van der Waals surface area contributed by atoms with Crippen molar-refractivity contribution < 1.29 is 0 Å². The molecule has 8 aromatic carbocycles. The zero-order chi connectivity index (χ0) is 43.7. The maximum atomic E-state index is 2.59. The van der Waals surface area contributed by atoms with E-state index in [1.54, 1.807) is 22.3 Å². The Hall–Kier alpha value is -6.64. The summed E-state index contributed by atoms with van der Waals surface area (Å²) in [7, 11) is 0. The molecular weight excluding hydrogens is 797 g/mol.